The van der Waals surface area contributed by atoms with Crippen molar-refractivity contribution in [1.82, 2.24) is 9.13 Å². The van der Waals surface area contributed by atoms with Crippen molar-refractivity contribution in [3.8, 4) is 0 Å². The maximum atomic E-state index is 11.9. The van der Waals surface area contributed by atoms with Crippen molar-refractivity contribution < 1.29 is 0 Å². The highest BCUT2D eigenvalue weighted by Gasteiger charge is 2.05. The maximum Gasteiger partial charge on any atom is 0.328 e. The van der Waals surface area contributed by atoms with Crippen LogP contribution in [0.1, 0.15) is 23.6 Å². The molecule has 1 aromatic heterocycles. The van der Waals surface area contributed by atoms with Crippen LogP contribution in [0.15, 0.2) is 35.4 Å². The van der Waals surface area contributed by atoms with Crippen LogP contribution in [0.25, 0.3) is 0 Å². The molecule has 0 amide bonds. The standard InChI is InChI=1S/C14H19N3O/c1-3-16-6-7-17(14(16)18)10-13-5-4-12(9-15)8-11(13)2/h4-8H,3,9-10,15H2,1-2H3. The summed E-state index contributed by atoms with van der Waals surface area (Å²) in [6.45, 7) is 5.89. The fourth-order valence-electron chi connectivity index (χ4n) is 2.06. The highest BCUT2D eigenvalue weighted by atomic mass is 16.1. The molecule has 0 fully saturated rings. The van der Waals surface area contributed by atoms with Crippen LogP contribution >= 0.6 is 0 Å². The number of aromatic nitrogens is 2. The van der Waals surface area contributed by atoms with Gasteiger partial charge in [0.2, 0.25) is 0 Å². The van der Waals surface area contributed by atoms with Gasteiger partial charge in [0, 0.05) is 25.5 Å². The number of aryl methyl sites for hydroxylation is 2. The molecule has 0 aliphatic carbocycles. The van der Waals surface area contributed by atoms with Crippen LogP contribution in [0.4, 0.5) is 0 Å². The second-order valence-electron chi connectivity index (χ2n) is 4.46. The maximum absolute atomic E-state index is 11.9. The van der Waals surface area contributed by atoms with Crippen LogP contribution in [0.5, 0.6) is 0 Å². The van der Waals surface area contributed by atoms with Gasteiger partial charge in [-0.3, -0.25) is 9.13 Å². The van der Waals surface area contributed by atoms with E-state index in [-0.39, 0.29) is 5.69 Å². The van der Waals surface area contributed by atoms with E-state index >= 15 is 0 Å². The van der Waals surface area contributed by atoms with Crippen LogP contribution in [-0.2, 0) is 19.6 Å². The van der Waals surface area contributed by atoms with E-state index in [1.807, 2.05) is 31.5 Å². The smallest absolute Gasteiger partial charge is 0.326 e. The lowest BCUT2D eigenvalue weighted by molar-refractivity contribution is 0.667. The second-order valence-corrected chi connectivity index (χ2v) is 4.46. The summed E-state index contributed by atoms with van der Waals surface area (Å²) in [5, 5.41) is 0. The molecule has 0 aliphatic rings. The van der Waals surface area contributed by atoms with Gasteiger partial charge in [-0.25, -0.2) is 4.79 Å². The number of benzene rings is 1. The largest absolute Gasteiger partial charge is 0.328 e. The van der Waals surface area contributed by atoms with Gasteiger partial charge < -0.3 is 5.73 Å². The number of hydrogen-bond donors (Lipinski definition) is 1. The first kappa shape index (κ1) is 12.6. The number of imidazole rings is 1. The van der Waals surface area contributed by atoms with E-state index in [0.29, 0.717) is 19.6 Å². The zero-order valence-corrected chi connectivity index (χ0v) is 10.9. The van der Waals surface area contributed by atoms with Gasteiger partial charge >= 0.3 is 5.69 Å². The molecule has 1 heterocycles. The Labute approximate surface area is 107 Å². The number of nitrogens with zero attached hydrogens (tertiary/aromatic N) is 2. The molecule has 0 radical (unpaired) electrons. The van der Waals surface area contributed by atoms with Crippen LogP contribution in [-0.4, -0.2) is 9.13 Å². The first-order valence-electron chi connectivity index (χ1n) is 6.19. The molecule has 0 atom stereocenters. The van der Waals surface area contributed by atoms with Gasteiger partial charge in [-0.1, -0.05) is 18.2 Å². The second kappa shape index (κ2) is 5.23. The van der Waals surface area contributed by atoms with Crippen molar-refractivity contribution in [2.75, 3.05) is 0 Å². The zero-order valence-electron chi connectivity index (χ0n) is 10.9. The van der Waals surface area contributed by atoms with E-state index in [9.17, 15) is 4.79 Å². The molecule has 2 rings (SSSR count). The molecule has 18 heavy (non-hydrogen) atoms. The summed E-state index contributed by atoms with van der Waals surface area (Å²) in [6, 6.07) is 6.15. The third-order valence-electron chi connectivity index (χ3n) is 3.24. The Morgan fingerprint density at radius 3 is 2.50 bits per heavy atom. The molecule has 2 aromatic rings. The van der Waals surface area contributed by atoms with Crippen molar-refractivity contribution in [2.45, 2.75) is 33.5 Å². The Balaban J connectivity index is 2.28. The third-order valence-corrected chi connectivity index (χ3v) is 3.24. The zero-order chi connectivity index (χ0) is 13.1. The molecule has 1 aromatic carbocycles. The van der Waals surface area contributed by atoms with Crippen LogP contribution in [0.2, 0.25) is 0 Å². The predicted molar refractivity (Wildman–Crippen MR) is 72.5 cm³/mol. The van der Waals surface area contributed by atoms with Crippen molar-refractivity contribution in [1.29, 1.82) is 0 Å². The summed E-state index contributed by atoms with van der Waals surface area (Å²) in [4.78, 5) is 11.9. The lowest BCUT2D eigenvalue weighted by atomic mass is 10.1. The Morgan fingerprint density at radius 1 is 1.22 bits per heavy atom. The van der Waals surface area contributed by atoms with E-state index < -0.39 is 0 Å². The molecule has 4 nitrogen and oxygen atoms in total. The summed E-state index contributed by atoms with van der Waals surface area (Å²) < 4.78 is 3.43. The summed E-state index contributed by atoms with van der Waals surface area (Å²) in [7, 11) is 0. The Bertz CT molecular complexity index is 595. The molecule has 2 N–H and O–H groups in total. The first-order valence-corrected chi connectivity index (χ1v) is 6.19. The SMILES string of the molecule is CCn1ccn(Cc2ccc(CN)cc2C)c1=O. The van der Waals surface area contributed by atoms with Crippen molar-refractivity contribution >= 4 is 0 Å². The Hall–Kier alpha value is -1.81. The van der Waals surface area contributed by atoms with Gasteiger partial charge in [0.05, 0.1) is 6.54 Å². The van der Waals surface area contributed by atoms with Gasteiger partial charge in [-0.2, -0.15) is 0 Å². The average Bonchev–Trinajstić information content (AvgIpc) is 2.73. The predicted octanol–water partition coefficient (Wildman–Crippen LogP) is 1.49. The fraction of sp³-hybridized carbons (Fsp3) is 0.357. The van der Waals surface area contributed by atoms with Crippen LogP contribution < -0.4 is 11.4 Å². The molecule has 96 valence electrons. The van der Waals surface area contributed by atoms with Crippen LogP contribution in [0, 0.1) is 6.92 Å². The quantitative estimate of drug-likeness (QED) is 0.887. The first-order chi connectivity index (χ1) is 8.65. The molecule has 0 saturated heterocycles. The van der Waals surface area contributed by atoms with Gasteiger partial charge in [-0.05, 0) is 30.5 Å². The monoisotopic (exact) mass is 245 g/mol. The van der Waals surface area contributed by atoms with Crippen molar-refractivity contribution in [3.05, 3.63) is 57.8 Å². The normalized spacial score (nSPS) is 10.8. The highest BCUT2D eigenvalue weighted by Crippen LogP contribution is 2.11. The summed E-state index contributed by atoms with van der Waals surface area (Å²) in [6.07, 6.45) is 3.66. The minimum Gasteiger partial charge on any atom is -0.326 e. The van der Waals surface area contributed by atoms with E-state index in [1.54, 1.807) is 9.13 Å². The molecule has 0 bridgehead atoms. The fourth-order valence-corrected chi connectivity index (χ4v) is 2.06. The molecule has 0 spiro atoms. The van der Waals surface area contributed by atoms with E-state index in [4.69, 9.17) is 5.73 Å². The minimum absolute atomic E-state index is 0.0415. The highest BCUT2D eigenvalue weighted by molar-refractivity contribution is 5.31. The molecule has 0 aliphatic heterocycles. The van der Waals surface area contributed by atoms with Crippen molar-refractivity contribution in [2.24, 2.45) is 5.73 Å². The van der Waals surface area contributed by atoms with Gasteiger partial charge in [0.25, 0.3) is 0 Å². The lowest BCUT2D eigenvalue weighted by Crippen LogP contribution is -2.24. The lowest BCUT2D eigenvalue weighted by Gasteiger charge is -2.08. The Morgan fingerprint density at radius 2 is 1.94 bits per heavy atom. The van der Waals surface area contributed by atoms with Crippen LogP contribution in [0.3, 0.4) is 0 Å². The summed E-state index contributed by atoms with van der Waals surface area (Å²) in [5.41, 5.74) is 9.10. The Kier molecular flexibility index (Phi) is 3.67. The average molecular weight is 245 g/mol. The van der Waals surface area contributed by atoms with Crippen molar-refractivity contribution in [3.63, 3.8) is 0 Å². The van der Waals surface area contributed by atoms with E-state index in [1.165, 1.54) is 5.56 Å². The van der Waals surface area contributed by atoms with Gasteiger partial charge in [-0.15, -0.1) is 0 Å². The summed E-state index contributed by atoms with van der Waals surface area (Å²) >= 11 is 0. The molecular weight excluding hydrogens is 226 g/mol. The topological polar surface area (TPSA) is 52.9 Å². The molecule has 0 saturated carbocycles. The minimum atomic E-state index is 0.0415. The number of hydrogen-bond acceptors (Lipinski definition) is 2. The summed E-state index contributed by atoms with van der Waals surface area (Å²) in [5.74, 6) is 0. The third kappa shape index (κ3) is 2.38. The molecule has 4 heteroatoms. The number of rotatable bonds is 4. The van der Waals surface area contributed by atoms with E-state index in [0.717, 1.165) is 11.1 Å². The molecular formula is C14H19N3O. The van der Waals surface area contributed by atoms with E-state index in [2.05, 4.69) is 13.0 Å². The van der Waals surface area contributed by atoms with Gasteiger partial charge in [0.1, 0.15) is 0 Å². The number of nitrogens with two attached hydrogens (primary N) is 1. The van der Waals surface area contributed by atoms with Gasteiger partial charge in [0.15, 0.2) is 0 Å². The molecule has 0 unspecified atom stereocenters.